The van der Waals surface area contributed by atoms with Gasteiger partial charge < -0.3 is 9.64 Å². The van der Waals surface area contributed by atoms with Crippen LogP contribution in [0, 0.1) is 25.3 Å². The van der Waals surface area contributed by atoms with Gasteiger partial charge in [0, 0.05) is 42.2 Å². The Hall–Kier alpha value is -3.11. The fourth-order valence-electron chi connectivity index (χ4n) is 4.28. The predicted molar refractivity (Wildman–Crippen MR) is 133 cm³/mol. The van der Waals surface area contributed by atoms with Crippen molar-refractivity contribution in [1.29, 1.82) is 5.26 Å². The smallest absolute Gasteiger partial charge is 0.414 e. The van der Waals surface area contributed by atoms with E-state index >= 15 is 0 Å². The lowest BCUT2D eigenvalue weighted by atomic mass is 10.1. The molecular weight excluding hydrogens is 476 g/mol. The maximum absolute atomic E-state index is 13.1. The van der Waals surface area contributed by atoms with Crippen molar-refractivity contribution in [3.8, 4) is 6.19 Å². The van der Waals surface area contributed by atoms with Crippen molar-refractivity contribution in [2.45, 2.75) is 26.5 Å². The van der Waals surface area contributed by atoms with Crippen molar-refractivity contribution in [2.24, 2.45) is 9.36 Å². The third-order valence-electron chi connectivity index (χ3n) is 5.77. The molecule has 1 unspecified atom stereocenters. The predicted octanol–water partition coefficient (Wildman–Crippen LogP) is 2.41. The van der Waals surface area contributed by atoms with Crippen molar-refractivity contribution in [3.63, 3.8) is 0 Å². The SMILES string of the molecule is CSC(=NC#N)N=S1(=O)CCN(c2c(C)cc(N3CC(Cn4ccnn4)OC3=O)cc2C)CC1. The molecule has 2 aromatic rings. The molecule has 13 heteroatoms. The number of cyclic esters (lactones) is 1. The number of aromatic nitrogens is 3. The van der Waals surface area contributed by atoms with E-state index in [9.17, 15) is 9.00 Å². The molecular formula is C21H26N8O3S2. The highest BCUT2D eigenvalue weighted by Gasteiger charge is 2.33. The molecule has 4 rings (SSSR count). The summed E-state index contributed by atoms with van der Waals surface area (Å²) in [5.41, 5.74) is 3.93. The fraction of sp³-hybridized carbons (Fsp3) is 0.476. The van der Waals surface area contributed by atoms with Gasteiger partial charge in [0.2, 0.25) is 11.4 Å². The van der Waals surface area contributed by atoms with Gasteiger partial charge in [0.25, 0.3) is 0 Å². The second kappa shape index (κ2) is 10.0. The Bertz CT molecular complexity index is 1220. The molecule has 2 aliphatic heterocycles. The number of ether oxygens (including phenoxy) is 1. The Morgan fingerprint density at radius 1 is 1.32 bits per heavy atom. The molecule has 1 aromatic carbocycles. The number of thioether (sulfide) groups is 1. The van der Waals surface area contributed by atoms with Crippen molar-refractivity contribution < 1.29 is 13.7 Å². The van der Waals surface area contributed by atoms with Crippen molar-refractivity contribution in [3.05, 3.63) is 35.7 Å². The van der Waals surface area contributed by atoms with Crippen LogP contribution in [0.2, 0.25) is 0 Å². The Labute approximate surface area is 203 Å². The van der Waals surface area contributed by atoms with Crippen LogP contribution in [0.25, 0.3) is 0 Å². The number of aryl methyl sites for hydroxylation is 2. The van der Waals surface area contributed by atoms with Crippen LogP contribution in [0.5, 0.6) is 0 Å². The van der Waals surface area contributed by atoms with E-state index in [1.54, 1.807) is 34.4 Å². The first-order valence-electron chi connectivity index (χ1n) is 10.7. The molecule has 180 valence electrons. The Morgan fingerprint density at radius 3 is 2.62 bits per heavy atom. The fourth-order valence-corrected chi connectivity index (χ4v) is 6.84. The Balaban J connectivity index is 1.48. The number of anilines is 2. The number of nitrogens with zero attached hydrogens (tertiary/aromatic N) is 8. The van der Waals surface area contributed by atoms with E-state index in [1.165, 1.54) is 11.8 Å². The van der Waals surface area contributed by atoms with Crippen LogP contribution < -0.4 is 9.80 Å². The highest BCUT2D eigenvalue weighted by molar-refractivity contribution is 8.14. The third-order valence-corrected chi connectivity index (χ3v) is 8.58. The number of amides is 1. The number of nitriles is 1. The lowest BCUT2D eigenvalue weighted by Crippen LogP contribution is -2.41. The summed E-state index contributed by atoms with van der Waals surface area (Å²) in [4.78, 5) is 20.0. The first-order valence-corrected chi connectivity index (χ1v) is 13.8. The van der Waals surface area contributed by atoms with Gasteiger partial charge in [-0.05, 0) is 43.4 Å². The summed E-state index contributed by atoms with van der Waals surface area (Å²) in [5.74, 6) is 0.808. The molecule has 0 radical (unpaired) electrons. The van der Waals surface area contributed by atoms with Gasteiger partial charge in [0.15, 0.2) is 0 Å². The lowest BCUT2D eigenvalue weighted by Gasteiger charge is -2.33. The average Bonchev–Trinajstić information content (AvgIpc) is 3.44. The average molecular weight is 503 g/mol. The molecule has 2 saturated heterocycles. The zero-order valence-corrected chi connectivity index (χ0v) is 20.9. The van der Waals surface area contributed by atoms with E-state index in [-0.39, 0.29) is 17.4 Å². The van der Waals surface area contributed by atoms with Gasteiger partial charge in [-0.3, -0.25) is 4.90 Å². The van der Waals surface area contributed by atoms with Crippen molar-refractivity contribution >= 4 is 44.1 Å². The monoisotopic (exact) mass is 502 g/mol. The topological polar surface area (TPSA) is 129 Å². The molecule has 2 fully saturated rings. The van der Waals surface area contributed by atoms with Gasteiger partial charge in [0.05, 0.1) is 29.0 Å². The first kappa shape index (κ1) is 24.0. The number of aliphatic imine (C=N–C) groups is 1. The molecule has 0 aliphatic carbocycles. The second-order valence-electron chi connectivity index (χ2n) is 8.13. The quantitative estimate of drug-likeness (QED) is 0.354. The van der Waals surface area contributed by atoms with Crippen LogP contribution in [0.1, 0.15) is 11.1 Å². The van der Waals surface area contributed by atoms with Gasteiger partial charge >= 0.3 is 6.09 Å². The number of carbonyl (C=O) groups is 1. The first-order chi connectivity index (χ1) is 16.3. The van der Waals surface area contributed by atoms with Crippen LogP contribution in [0.4, 0.5) is 16.2 Å². The van der Waals surface area contributed by atoms with Crippen molar-refractivity contribution in [2.75, 3.05) is 47.2 Å². The molecule has 2 aliphatic rings. The highest BCUT2D eigenvalue weighted by atomic mass is 32.2. The molecule has 1 atom stereocenters. The van der Waals surface area contributed by atoms with E-state index < -0.39 is 9.73 Å². The summed E-state index contributed by atoms with van der Waals surface area (Å²) >= 11 is 1.22. The third kappa shape index (κ3) is 5.18. The standard InChI is InChI=1S/C21H26N8O3S2/c1-15-10-17(29-13-18(32-21(29)30)12-28-5-4-24-26-28)11-16(2)19(15)27-6-8-34(31,9-7-27)25-20(33-3)23-14-22/h4-5,10-11,18H,6-9,12-13H2,1-3H3. The van der Waals surface area contributed by atoms with E-state index in [1.807, 2.05) is 26.0 Å². The summed E-state index contributed by atoms with van der Waals surface area (Å²) < 4.78 is 24.6. The Morgan fingerprint density at radius 2 is 2.03 bits per heavy atom. The van der Waals surface area contributed by atoms with Crippen LogP contribution in [-0.2, 0) is 21.0 Å². The maximum atomic E-state index is 13.1. The molecule has 0 spiro atoms. The minimum atomic E-state index is -2.45. The maximum Gasteiger partial charge on any atom is 0.414 e. The van der Waals surface area contributed by atoms with Crippen LogP contribution in [0.3, 0.4) is 0 Å². The molecule has 3 heterocycles. The molecule has 0 N–H and O–H groups in total. The van der Waals surface area contributed by atoms with Gasteiger partial charge in [-0.2, -0.15) is 9.62 Å². The van der Waals surface area contributed by atoms with E-state index in [0.717, 1.165) is 22.5 Å². The van der Waals surface area contributed by atoms with E-state index in [4.69, 9.17) is 10.00 Å². The van der Waals surface area contributed by atoms with E-state index in [0.29, 0.717) is 37.7 Å². The summed E-state index contributed by atoms with van der Waals surface area (Å²) in [7, 11) is -2.45. The molecule has 0 bridgehead atoms. The van der Waals surface area contributed by atoms with Crippen molar-refractivity contribution in [1.82, 2.24) is 15.0 Å². The summed E-state index contributed by atoms with van der Waals surface area (Å²) in [6.45, 7) is 6.09. The molecule has 0 saturated carbocycles. The molecule has 11 nitrogen and oxygen atoms in total. The summed E-state index contributed by atoms with van der Waals surface area (Å²) in [6.07, 6.45) is 6.13. The molecule has 34 heavy (non-hydrogen) atoms. The number of rotatable bonds is 4. The minimum absolute atomic E-state index is 0.261. The Kier molecular flexibility index (Phi) is 7.08. The molecule has 1 amide bonds. The van der Waals surface area contributed by atoms with Gasteiger partial charge in [-0.25, -0.2) is 13.7 Å². The summed E-state index contributed by atoms with van der Waals surface area (Å²) in [5, 5.41) is 16.8. The van der Waals surface area contributed by atoms with Crippen LogP contribution >= 0.6 is 11.8 Å². The summed E-state index contributed by atoms with van der Waals surface area (Å²) in [6, 6.07) is 3.98. The zero-order valence-electron chi connectivity index (χ0n) is 19.2. The van der Waals surface area contributed by atoms with E-state index in [2.05, 4.69) is 24.6 Å². The number of carbonyl (C=O) groups excluding carboxylic acids is 1. The van der Waals surface area contributed by atoms with Crippen LogP contribution in [0.15, 0.2) is 33.9 Å². The number of benzene rings is 1. The molecule has 1 aromatic heterocycles. The minimum Gasteiger partial charge on any atom is -0.442 e. The van der Waals surface area contributed by atoms with Gasteiger partial charge in [-0.1, -0.05) is 17.0 Å². The second-order valence-corrected chi connectivity index (χ2v) is 11.4. The zero-order chi connectivity index (χ0) is 24.3. The number of hydrogen-bond acceptors (Lipinski definition) is 9. The number of amidine groups is 1. The normalized spacial score (nSPS) is 20.2. The largest absolute Gasteiger partial charge is 0.442 e. The number of hydrogen-bond donors (Lipinski definition) is 0. The van der Waals surface area contributed by atoms with Gasteiger partial charge in [-0.15, -0.1) is 10.1 Å². The van der Waals surface area contributed by atoms with Gasteiger partial charge in [0.1, 0.15) is 6.10 Å². The lowest BCUT2D eigenvalue weighted by molar-refractivity contribution is 0.129. The van der Waals surface area contributed by atoms with Crippen LogP contribution in [-0.4, -0.2) is 74.0 Å². The highest BCUT2D eigenvalue weighted by Crippen LogP contribution is 2.33.